The SMILES string of the molecule is CCc1nc2n(n1)C(=O)C(C(c1cccc(C)c1)N1CCCCC1)S2. The first-order chi connectivity index (χ1) is 12.2. The second kappa shape index (κ2) is 6.92. The van der Waals surface area contributed by atoms with E-state index in [2.05, 4.69) is 46.2 Å². The molecule has 0 spiro atoms. The molecule has 25 heavy (non-hydrogen) atoms. The highest BCUT2D eigenvalue weighted by atomic mass is 32.2. The van der Waals surface area contributed by atoms with Crippen LogP contribution in [0.25, 0.3) is 0 Å². The standard InChI is InChI=1S/C19H24N4OS/c1-3-15-20-19-23(21-15)18(24)17(25-19)16(22-10-5-4-6-11-22)14-9-7-8-13(2)12-14/h7-9,12,16-17H,3-6,10-11H2,1-2H3. The highest BCUT2D eigenvalue weighted by molar-refractivity contribution is 8.00. The molecule has 132 valence electrons. The predicted molar refractivity (Wildman–Crippen MR) is 99.0 cm³/mol. The van der Waals surface area contributed by atoms with Gasteiger partial charge in [0, 0.05) is 6.42 Å². The van der Waals surface area contributed by atoms with Gasteiger partial charge >= 0.3 is 0 Å². The van der Waals surface area contributed by atoms with Crippen LogP contribution in [0.3, 0.4) is 0 Å². The summed E-state index contributed by atoms with van der Waals surface area (Å²) < 4.78 is 1.53. The molecule has 0 aliphatic carbocycles. The van der Waals surface area contributed by atoms with E-state index >= 15 is 0 Å². The average molecular weight is 356 g/mol. The van der Waals surface area contributed by atoms with Gasteiger partial charge in [0.1, 0.15) is 5.25 Å². The van der Waals surface area contributed by atoms with Crippen LogP contribution in [-0.2, 0) is 6.42 Å². The fourth-order valence-corrected chi connectivity index (χ4v) is 5.09. The summed E-state index contributed by atoms with van der Waals surface area (Å²) >= 11 is 1.58. The smallest absolute Gasteiger partial charge is 0.264 e. The van der Waals surface area contributed by atoms with Crippen molar-refractivity contribution in [3.05, 3.63) is 41.2 Å². The first kappa shape index (κ1) is 16.8. The van der Waals surface area contributed by atoms with Crippen LogP contribution in [0.15, 0.2) is 29.4 Å². The lowest BCUT2D eigenvalue weighted by atomic mass is 9.97. The van der Waals surface area contributed by atoms with E-state index in [-0.39, 0.29) is 17.2 Å². The van der Waals surface area contributed by atoms with Gasteiger partial charge in [-0.15, -0.1) is 5.10 Å². The van der Waals surface area contributed by atoms with Crippen LogP contribution in [0, 0.1) is 6.92 Å². The van der Waals surface area contributed by atoms with Crippen molar-refractivity contribution in [3.8, 4) is 0 Å². The Bertz CT molecular complexity index is 781. The van der Waals surface area contributed by atoms with E-state index in [0.29, 0.717) is 0 Å². The maximum absolute atomic E-state index is 13.1. The summed E-state index contributed by atoms with van der Waals surface area (Å²) in [5.74, 6) is 0.823. The molecule has 2 aromatic rings. The Balaban J connectivity index is 1.68. The molecule has 0 radical (unpaired) electrons. The molecule has 1 fully saturated rings. The lowest BCUT2D eigenvalue weighted by Crippen LogP contribution is -2.41. The minimum atomic E-state index is -0.166. The van der Waals surface area contributed by atoms with Gasteiger partial charge in [-0.05, 0) is 38.4 Å². The summed E-state index contributed by atoms with van der Waals surface area (Å²) in [6.45, 7) is 6.24. The number of aryl methyl sites for hydroxylation is 2. The summed E-state index contributed by atoms with van der Waals surface area (Å²) in [4.78, 5) is 20.1. The minimum Gasteiger partial charge on any atom is -0.295 e. The van der Waals surface area contributed by atoms with Crippen LogP contribution in [0.5, 0.6) is 0 Å². The fourth-order valence-electron chi connectivity index (χ4n) is 3.82. The number of hydrogen-bond acceptors (Lipinski definition) is 5. The van der Waals surface area contributed by atoms with Gasteiger partial charge in [-0.3, -0.25) is 9.69 Å². The molecule has 3 heterocycles. The lowest BCUT2D eigenvalue weighted by Gasteiger charge is -2.37. The summed E-state index contributed by atoms with van der Waals surface area (Å²) in [5.41, 5.74) is 2.47. The summed E-state index contributed by atoms with van der Waals surface area (Å²) in [7, 11) is 0. The van der Waals surface area contributed by atoms with E-state index in [0.717, 1.165) is 30.5 Å². The fraction of sp³-hybridized carbons (Fsp3) is 0.526. The third-order valence-electron chi connectivity index (χ3n) is 5.08. The van der Waals surface area contributed by atoms with E-state index in [1.54, 1.807) is 11.8 Å². The Labute approximate surface area is 152 Å². The second-order valence-electron chi connectivity index (χ2n) is 6.91. The van der Waals surface area contributed by atoms with Crippen molar-refractivity contribution < 1.29 is 4.79 Å². The number of carbonyl (C=O) groups is 1. The first-order valence-corrected chi connectivity index (χ1v) is 10.0. The van der Waals surface area contributed by atoms with Crippen molar-refractivity contribution >= 4 is 17.7 Å². The molecule has 4 rings (SSSR count). The quantitative estimate of drug-likeness (QED) is 0.839. The van der Waals surface area contributed by atoms with Crippen LogP contribution < -0.4 is 0 Å². The third kappa shape index (κ3) is 3.13. The van der Waals surface area contributed by atoms with Gasteiger partial charge < -0.3 is 0 Å². The van der Waals surface area contributed by atoms with Crippen LogP contribution in [0.1, 0.15) is 54.0 Å². The van der Waals surface area contributed by atoms with Gasteiger partial charge in [0.05, 0.1) is 6.04 Å². The molecular weight excluding hydrogens is 332 g/mol. The van der Waals surface area contributed by atoms with Gasteiger partial charge in [0.15, 0.2) is 11.0 Å². The minimum absolute atomic E-state index is 0.0734. The number of fused-ring (bicyclic) bond motifs is 1. The summed E-state index contributed by atoms with van der Waals surface area (Å²) in [5, 5.41) is 4.98. The van der Waals surface area contributed by atoms with E-state index in [1.807, 2.05) is 6.92 Å². The molecule has 2 aliphatic heterocycles. The van der Waals surface area contributed by atoms with Crippen molar-refractivity contribution in [3.63, 3.8) is 0 Å². The molecule has 2 aliphatic rings. The Kier molecular flexibility index (Phi) is 4.65. The third-order valence-corrected chi connectivity index (χ3v) is 6.26. The van der Waals surface area contributed by atoms with Crippen LogP contribution in [-0.4, -0.2) is 43.9 Å². The van der Waals surface area contributed by atoms with Gasteiger partial charge in [-0.25, -0.2) is 4.98 Å². The molecule has 0 amide bonds. The van der Waals surface area contributed by atoms with Crippen molar-refractivity contribution in [1.29, 1.82) is 0 Å². The number of thioether (sulfide) groups is 1. The van der Waals surface area contributed by atoms with E-state index in [4.69, 9.17) is 0 Å². The van der Waals surface area contributed by atoms with Crippen LogP contribution in [0.2, 0.25) is 0 Å². The first-order valence-electron chi connectivity index (χ1n) is 9.15. The molecule has 2 unspecified atom stereocenters. The lowest BCUT2D eigenvalue weighted by molar-refractivity contribution is 0.0818. The van der Waals surface area contributed by atoms with Gasteiger partial charge in [-0.1, -0.05) is 54.9 Å². The molecule has 1 aromatic heterocycles. The number of aromatic nitrogens is 3. The van der Waals surface area contributed by atoms with Crippen molar-refractivity contribution in [2.75, 3.05) is 13.1 Å². The van der Waals surface area contributed by atoms with Crippen LogP contribution in [0.4, 0.5) is 0 Å². The number of likely N-dealkylation sites (tertiary alicyclic amines) is 1. The second-order valence-corrected chi connectivity index (χ2v) is 8.02. The molecule has 0 bridgehead atoms. The van der Waals surface area contributed by atoms with Crippen molar-refractivity contribution in [2.24, 2.45) is 0 Å². The topological polar surface area (TPSA) is 51.0 Å². The number of hydrogen-bond donors (Lipinski definition) is 0. The Morgan fingerprint density at radius 1 is 1.28 bits per heavy atom. The molecular formula is C19H24N4OS. The highest BCUT2D eigenvalue weighted by Gasteiger charge is 2.43. The van der Waals surface area contributed by atoms with Crippen molar-refractivity contribution in [2.45, 2.75) is 56.0 Å². The Morgan fingerprint density at radius 2 is 2.08 bits per heavy atom. The maximum Gasteiger partial charge on any atom is 0.264 e. The van der Waals surface area contributed by atoms with E-state index in [9.17, 15) is 4.79 Å². The predicted octanol–water partition coefficient (Wildman–Crippen LogP) is 3.49. The maximum atomic E-state index is 13.1. The zero-order valence-electron chi connectivity index (χ0n) is 14.8. The highest BCUT2D eigenvalue weighted by Crippen LogP contribution is 2.41. The van der Waals surface area contributed by atoms with Crippen molar-refractivity contribution in [1.82, 2.24) is 19.7 Å². The zero-order chi connectivity index (χ0) is 17.4. The molecule has 0 saturated carbocycles. The number of benzene rings is 1. The monoisotopic (exact) mass is 356 g/mol. The Morgan fingerprint density at radius 3 is 2.76 bits per heavy atom. The number of nitrogens with zero attached hydrogens (tertiary/aromatic N) is 4. The molecule has 0 N–H and O–H groups in total. The molecule has 6 heteroatoms. The van der Waals surface area contributed by atoms with Crippen LogP contribution >= 0.6 is 11.8 Å². The normalized spacial score (nSPS) is 22.2. The zero-order valence-corrected chi connectivity index (χ0v) is 15.6. The number of piperidine rings is 1. The van der Waals surface area contributed by atoms with Gasteiger partial charge in [0.25, 0.3) is 5.91 Å². The molecule has 5 nitrogen and oxygen atoms in total. The molecule has 1 saturated heterocycles. The number of rotatable bonds is 4. The largest absolute Gasteiger partial charge is 0.295 e. The summed E-state index contributed by atoms with van der Waals surface area (Å²) in [6, 6.07) is 8.68. The molecule has 1 aromatic carbocycles. The molecule has 2 atom stereocenters. The Hall–Kier alpha value is -1.66. The van der Waals surface area contributed by atoms with E-state index < -0.39 is 0 Å². The number of carbonyl (C=O) groups excluding carboxylic acids is 1. The van der Waals surface area contributed by atoms with Gasteiger partial charge in [-0.2, -0.15) is 4.68 Å². The average Bonchev–Trinajstić information content (AvgIpc) is 3.16. The van der Waals surface area contributed by atoms with Gasteiger partial charge in [0.2, 0.25) is 0 Å². The summed E-state index contributed by atoms with van der Waals surface area (Å²) in [6.07, 6.45) is 4.45. The van der Waals surface area contributed by atoms with E-state index in [1.165, 1.54) is 35.1 Å².